The molecule has 5 nitrogen and oxygen atoms in total. The van der Waals surface area contributed by atoms with Crippen LogP contribution in [-0.4, -0.2) is 21.6 Å². The Balaban J connectivity index is 1.54. The van der Waals surface area contributed by atoms with Crippen molar-refractivity contribution in [1.29, 1.82) is 0 Å². The Hall–Kier alpha value is -3.44. The highest BCUT2D eigenvalue weighted by Gasteiger charge is 2.21. The average Bonchev–Trinajstić information content (AvgIpc) is 3.29. The molecule has 0 aliphatic carbocycles. The first-order chi connectivity index (χ1) is 15.1. The maximum Gasteiger partial charge on any atom is 0.268 e. The van der Waals surface area contributed by atoms with Gasteiger partial charge in [-0.25, -0.2) is 4.98 Å². The van der Waals surface area contributed by atoms with Crippen LogP contribution in [0.15, 0.2) is 85.3 Å². The lowest BCUT2D eigenvalue weighted by Crippen LogP contribution is -2.24. The molecule has 0 saturated heterocycles. The summed E-state index contributed by atoms with van der Waals surface area (Å²) in [6.45, 7) is 2.60. The zero-order valence-electron chi connectivity index (χ0n) is 17.6. The number of rotatable bonds is 9. The molecule has 31 heavy (non-hydrogen) atoms. The Labute approximate surface area is 182 Å². The molecule has 1 aromatic heterocycles. The van der Waals surface area contributed by atoms with Gasteiger partial charge in [0.25, 0.3) is 5.91 Å². The lowest BCUT2D eigenvalue weighted by atomic mass is 9.97. The Morgan fingerprint density at radius 3 is 2.55 bits per heavy atom. The molecule has 158 valence electrons. The molecule has 0 aliphatic rings. The number of carbonyl (C=O) groups is 1. The van der Waals surface area contributed by atoms with Gasteiger partial charge in [-0.15, -0.1) is 0 Å². The molecule has 3 aromatic carbocycles. The van der Waals surface area contributed by atoms with Crippen LogP contribution in [0.25, 0.3) is 10.8 Å². The summed E-state index contributed by atoms with van der Waals surface area (Å²) in [6.07, 6.45) is 5.05. The third-order valence-corrected chi connectivity index (χ3v) is 5.72. The largest absolute Gasteiger partial charge is 0.372 e. The predicted molar refractivity (Wildman–Crippen MR) is 123 cm³/mol. The standard InChI is InChI=1S/C26H27N3O2/c1-19(31-17-20-8-3-2-4-9-20)25(29-16-24(26(27)30)28-18-29)15-14-22-12-7-11-21-10-5-6-13-23(21)22/h2-13,16,18-19,25H,14-15,17H2,1H3,(H2,27,30)/t19-,25-/m0/s1. The smallest absolute Gasteiger partial charge is 0.268 e. The van der Waals surface area contributed by atoms with Gasteiger partial charge < -0.3 is 15.0 Å². The van der Waals surface area contributed by atoms with E-state index in [1.807, 2.05) is 22.8 Å². The summed E-state index contributed by atoms with van der Waals surface area (Å²) in [7, 11) is 0. The van der Waals surface area contributed by atoms with Crippen LogP contribution in [0.2, 0.25) is 0 Å². The Kier molecular flexibility index (Phi) is 6.43. The third kappa shape index (κ3) is 5.01. The van der Waals surface area contributed by atoms with Gasteiger partial charge >= 0.3 is 0 Å². The molecule has 0 bridgehead atoms. The van der Waals surface area contributed by atoms with Crippen molar-refractivity contribution in [3.05, 3.63) is 102 Å². The number of nitrogens with zero attached hydrogens (tertiary/aromatic N) is 2. The lowest BCUT2D eigenvalue weighted by molar-refractivity contribution is 0.0149. The highest BCUT2D eigenvalue weighted by atomic mass is 16.5. The van der Waals surface area contributed by atoms with Crippen molar-refractivity contribution in [1.82, 2.24) is 9.55 Å². The SMILES string of the molecule is C[C@H](OCc1ccccc1)[C@H](CCc1cccc2ccccc12)n1cnc(C(N)=O)c1. The normalized spacial score (nSPS) is 13.2. The van der Waals surface area contributed by atoms with E-state index in [0.29, 0.717) is 6.61 Å². The number of hydrogen-bond acceptors (Lipinski definition) is 3. The van der Waals surface area contributed by atoms with Crippen LogP contribution < -0.4 is 5.73 Å². The first kappa shape index (κ1) is 20.8. The van der Waals surface area contributed by atoms with Crippen LogP contribution in [0.4, 0.5) is 0 Å². The number of fused-ring (bicyclic) bond motifs is 1. The van der Waals surface area contributed by atoms with Gasteiger partial charge in [0.1, 0.15) is 5.69 Å². The fourth-order valence-corrected chi connectivity index (χ4v) is 4.00. The van der Waals surface area contributed by atoms with E-state index in [9.17, 15) is 4.79 Å². The van der Waals surface area contributed by atoms with E-state index in [2.05, 4.69) is 66.5 Å². The predicted octanol–water partition coefficient (Wildman–Crippen LogP) is 4.91. The third-order valence-electron chi connectivity index (χ3n) is 5.72. The van der Waals surface area contributed by atoms with Gasteiger partial charge in [-0.2, -0.15) is 0 Å². The van der Waals surface area contributed by atoms with E-state index < -0.39 is 5.91 Å². The summed E-state index contributed by atoms with van der Waals surface area (Å²) in [6, 6.07) is 25.0. The van der Waals surface area contributed by atoms with Gasteiger partial charge in [0, 0.05) is 6.20 Å². The van der Waals surface area contributed by atoms with Crippen LogP contribution >= 0.6 is 0 Å². The molecule has 0 fully saturated rings. The molecule has 1 heterocycles. The van der Waals surface area contributed by atoms with Gasteiger partial charge in [-0.3, -0.25) is 4.79 Å². The molecule has 0 saturated carbocycles. The van der Waals surface area contributed by atoms with E-state index >= 15 is 0 Å². The van der Waals surface area contributed by atoms with Crippen LogP contribution in [-0.2, 0) is 17.8 Å². The maximum atomic E-state index is 11.6. The van der Waals surface area contributed by atoms with E-state index in [1.165, 1.54) is 16.3 Å². The maximum absolute atomic E-state index is 11.6. The molecule has 2 atom stereocenters. The highest BCUT2D eigenvalue weighted by Crippen LogP contribution is 2.26. The minimum Gasteiger partial charge on any atom is -0.372 e. The molecule has 0 unspecified atom stereocenters. The van der Waals surface area contributed by atoms with Crippen LogP contribution in [0.3, 0.4) is 0 Å². The molecule has 5 heteroatoms. The Morgan fingerprint density at radius 2 is 1.77 bits per heavy atom. The second-order valence-corrected chi connectivity index (χ2v) is 7.82. The first-order valence-electron chi connectivity index (χ1n) is 10.6. The van der Waals surface area contributed by atoms with Gasteiger partial charge in [0.2, 0.25) is 0 Å². The van der Waals surface area contributed by atoms with Crippen molar-refractivity contribution in [2.75, 3.05) is 0 Å². The fraction of sp³-hybridized carbons (Fsp3) is 0.231. The summed E-state index contributed by atoms with van der Waals surface area (Å²) in [4.78, 5) is 15.7. The van der Waals surface area contributed by atoms with Crippen molar-refractivity contribution in [2.45, 2.75) is 38.5 Å². The molecule has 1 amide bonds. The minimum atomic E-state index is -0.524. The van der Waals surface area contributed by atoms with Crippen molar-refractivity contribution in [3.63, 3.8) is 0 Å². The molecule has 2 N–H and O–H groups in total. The molecular formula is C26H27N3O2. The van der Waals surface area contributed by atoms with Crippen molar-refractivity contribution in [2.24, 2.45) is 5.73 Å². The minimum absolute atomic E-state index is 0.0169. The number of imidazole rings is 1. The van der Waals surface area contributed by atoms with Crippen molar-refractivity contribution >= 4 is 16.7 Å². The summed E-state index contributed by atoms with van der Waals surface area (Å²) >= 11 is 0. The van der Waals surface area contributed by atoms with Crippen LogP contribution in [0.1, 0.15) is 41.0 Å². The monoisotopic (exact) mass is 413 g/mol. The van der Waals surface area contributed by atoms with Crippen LogP contribution in [0.5, 0.6) is 0 Å². The van der Waals surface area contributed by atoms with E-state index in [1.54, 1.807) is 12.5 Å². The van der Waals surface area contributed by atoms with E-state index in [-0.39, 0.29) is 17.8 Å². The van der Waals surface area contributed by atoms with E-state index in [4.69, 9.17) is 10.5 Å². The van der Waals surface area contributed by atoms with Crippen molar-refractivity contribution < 1.29 is 9.53 Å². The number of primary amides is 1. The zero-order chi connectivity index (χ0) is 21.6. The molecule has 4 aromatic rings. The van der Waals surface area contributed by atoms with Gasteiger partial charge in [-0.1, -0.05) is 72.8 Å². The second-order valence-electron chi connectivity index (χ2n) is 7.82. The Morgan fingerprint density at radius 1 is 1.03 bits per heavy atom. The number of amides is 1. The fourth-order valence-electron chi connectivity index (χ4n) is 4.00. The summed E-state index contributed by atoms with van der Waals surface area (Å²) in [5, 5.41) is 2.51. The Bertz CT molecular complexity index is 1150. The number of aromatic nitrogens is 2. The highest BCUT2D eigenvalue weighted by molar-refractivity contribution is 5.90. The second kappa shape index (κ2) is 9.58. The van der Waals surface area contributed by atoms with Gasteiger partial charge in [0.15, 0.2) is 0 Å². The summed E-state index contributed by atoms with van der Waals surface area (Å²) in [5.74, 6) is -0.524. The molecule has 4 rings (SSSR count). The number of ether oxygens (including phenoxy) is 1. The summed E-state index contributed by atoms with van der Waals surface area (Å²) in [5.41, 5.74) is 8.12. The van der Waals surface area contributed by atoms with Crippen LogP contribution in [0, 0.1) is 0 Å². The first-order valence-corrected chi connectivity index (χ1v) is 10.6. The number of benzene rings is 3. The zero-order valence-corrected chi connectivity index (χ0v) is 17.6. The lowest BCUT2D eigenvalue weighted by Gasteiger charge is -2.26. The summed E-state index contributed by atoms with van der Waals surface area (Å²) < 4.78 is 8.18. The molecular weight excluding hydrogens is 386 g/mol. The molecule has 0 aliphatic heterocycles. The van der Waals surface area contributed by atoms with Gasteiger partial charge in [0.05, 0.1) is 25.1 Å². The topological polar surface area (TPSA) is 70.1 Å². The van der Waals surface area contributed by atoms with Gasteiger partial charge in [-0.05, 0) is 41.7 Å². The number of carbonyl (C=O) groups excluding carboxylic acids is 1. The number of hydrogen-bond donors (Lipinski definition) is 1. The number of nitrogens with two attached hydrogens (primary N) is 1. The molecule has 0 spiro atoms. The van der Waals surface area contributed by atoms with Crippen molar-refractivity contribution in [3.8, 4) is 0 Å². The van der Waals surface area contributed by atoms with E-state index in [0.717, 1.165) is 18.4 Å². The average molecular weight is 414 g/mol. The number of aryl methyl sites for hydroxylation is 1. The quantitative estimate of drug-likeness (QED) is 0.424. The molecule has 0 radical (unpaired) electrons.